The second-order valence-corrected chi connectivity index (χ2v) is 3.74. The molecule has 0 aliphatic rings. The number of halogens is 1. The van der Waals surface area contributed by atoms with E-state index in [2.05, 4.69) is 9.97 Å². The summed E-state index contributed by atoms with van der Waals surface area (Å²) in [6, 6.07) is 3.68. The van der Waals surface area contributed by atoms with E-state index in [0.717, 1.165) is 11.3 Å². The molecular weight excluding hydrogens is 212 g/mol. The van der Waals surface area contributed by atoms with E-state index in [0.29, 0.717) is 17.6 Å². The highest BCUT2D eigenvalue weighted by atomic mass is 35.5. The maximum absolute atomic E-state index is 5.72. The van der Waals surface area contributed by atoms with Gasteiger partial charge in [-0.05, 0) is 18.6 Å². The summed E-state index contributed by atoms with van der Waals surface area (Å²) in [5.74, 6) is 0.516. The maximum atomic E-state index is 5.72. The van der Waals surface area contributed by atoms with Crippen LogP contribution in [0.5, 0.6) is 0 Å². The van der Waals surface area contributed by atoms with Gasteiger partial charge in [0.15, 0.2) is 0 Å². The van der Waals surface area contributed by atoms with Crippen molar-refractivity contribution < 1.29 is 0 Å². The largest absolute Gasteiger partial charge is 0.369 e. The molecule has 2 aromatic rings. The number of pyridine rings is 1. The fourth-order valence-corrected chi connectivity index (χ4v) is 1.50. The van der Waals surface area contributed by atoms with E-state index in [1.54, 1.807) is 12.3 Å². The van der Waals surface area contributed by atoms with Gasteiger partial charge in [0.1, 0.15) is 5.15 Å². The summed E-state index contributed by atoms with van der Waals surface area (Å²) in [7, 11) is 0. The fourth-order valence-electron chi connectivity index (χ4n) is 1.39. The van der Waals surface area contributed by atoms with Crippen LogP contribution in [0, 0.1) is 6.92 Å². The highest BCUT2D eigenvalue weighted by molar-refractivity contribution is 6.29. The molecule has 0 saturated heterocycles. The zero-order valence-electron chi connectivity index (χ0n) is 8.31. The lowest BCUT2D eigenvalue weighted by molar-refractivity contribution is 0.806. The first-order chi connectivity index (χ1) is 7.15. The first-order valence-electron chi connectivity index (χ1n) is 4.55. The van der Waals surface area contributed by atoms with Crippen molar-refractivity contribution in [2.24, 2.45) is 0 Å². The highest BCUT2D eigenvalue weighted by Crippen LogP contribution is 2.10. The van der Waals surface area contributed by atoms with Crippen molar-refractivity contribution in [2.75, 3.05) is 5.73 Å². The van der Waals surface area contributed by atoms with Crippen LogP contribution >= 0.6 is 11.6 Å². The predicted octanol–water partition coefficient (Wildman–Crippen LogP) is 1.87. The third kappa shape index (κ3) is 2.27. The number of hydrogen-bond donors (Lipinski definition) is 1. The number of rotatable bonds is 2. The topological polar surface area (TPSA) is 56.7 Å². The van der Waals surface area contributed by atoms with E-state index in [1.165, 1.54) is 0 Å². The van der Waals surface area contributed by atoms with Crippen molar-refractivity contribution in [3.8, 4) is 0 Å². The van der Waals surface area contributed by atoms with Crippen LogP contribution in [-0.4, -0.2) is 14.5 Å². The molecular formula is C10H11ClN4. The molecule has 0 bridgehead atoms. The lowest BCUT2D eigenvalue weighted by atomic mass is 10.3. The molecule has 0 saturated carbocycles. The average Bonchev–Trinajstić information content (AvgIpc) is 2.49. The van der Waals surface area contributed by atoms with Crippen molar-refractivity contribution in [1.29, 1.82) is 0 Å². The first kappa shape index (κ1) is 9.98. The molecule has 0 radical (unpaired) electrons. The summed E-state index contributed by atoms with van der Waals surface area (Å²) in [4.78, 5) is 8.12. The van der Waals surface area contributed by atoms with E-state index in [-0.39, 0.29) is 0 Å². The van der Waals surface area contributed by atoms with Gasteiger partial charge in [0.25, 0.3) is 0 Å². The Bertz CT molecular complexity index is 461. The van der Waals surface area contributed by atoms with Gasteiger partial charge >= 0.3 is 0 Å². The summed E-state index contributed by atoms with van der Waals surface area (Å²) in [6.07, 6.45) is 3.64. The highest BCUT2D eigenvalue weighted by Gasteiger charge is 2.02. The van der Waals surface area contributed by atoms with Gasteiger partial charge in [-0.15, -0.1) is 0 Å². The molecule has 2 rings (SSSR count). The molecule has 0 aromatic carbocycles. The van der Waals surface area contributed by atoms with Crippen molar-refractivity contribution in [1.82, 2.24) is 14.5 Å². The lowest BCUT2D eigenvalue weighted by Gasteiger charge is -2.03. The fraction of sp³-hybridized carbons (Fsp3) is 0.200. The van der Waals surface area contributed by atoms with Crippen molar-refractivity contribution in [2.45, 2.75) is 13.5 Å². The van der Waals surface area contributed by atoms with Gasteiger partial charge in [0.05, 0.1) is 12.2 Å². The van der Waals surface area contributed by atoms with Crippen LogP contribution in [0.1, 0.15) is 11.3 Å². The van der Waals surface area contributed by atoms with E-state index in [4.69, 9.17) is 17.3 Å². The van der Waals surface area contributed by atoms with Gasteiger partial charge in [-0.1, -0.05) is 17.7 Å². The van der Waals surface area contributed by atoms with Crippen LogP contribution in [0.4, 0.5) is 5.95 Å². The molecule has 0 unspecified atom stereocenters. The molecule has 0 fully saturated rings. The van der Waals surface area contributed by atoms with Gasteiger partial charge in [-0.25, -0.2) is 9.97 Å². The third-order valence-corrected chi connectivity index (χ3v) is 2.29. The average molecular weight is 223 g/mol. The Hall–Kier alpha value is -1.55. The minimum atomic E-state index is 0.494. The van der Waals surface area contributed by atoms with E-state index in [9.17, 15) is 0 Å². The van der Waals surface area contributed by atoms with Gasteiger partial charge in [0.2, 0.25) is 5.95 Å². The zero-order valence-corrected chi connectivity index (χ0v) is 9.07. The number of nitrogens with two attached hydrogens (primary N) is 1. The van der Waals surface area contributed by atoms with Crippen LogP contribution in [0.3, 0.4) is 0 Å². The van der Waals surface area contributed by atoms with Crippen molar-refractivity contribution >= 4 is 17.5 Å². The Balaban J connectivity index is 2.21. The van der Waals surface area contributed by atoms with E-state index < -0.39 is 0 Å². The molecule has 0 amide bonds. The molecule has 0 aliphatic carbocycles. The Labute approximate surface area is 92.7 Å². The Morgan fingerprint density at radius 1 is 1.47 bits per heavy atom. The Kier molecular flexibility index (Phi) is 2.60. The summed E-state index contributed by atoms with van der Waals surface area (Å²) >= 11 is 5.70. The monoisotopic (exact) mass is 222 g/mol. The number of anilines is 1. The minimum absolute atomic E-state index is 0.494. The summed E-state index contributed by atoms with van der Waals surface area (Å²) < 4.78 is 1.88. The molecule has 2 heterocycles. The minimum Gasteiger partial charge on any atom is -0.369 e. The zero-order chi connectivity index (χ0) is 10.8. The van der Waals surface area contributed by atoms with Crippen LogP contribution in [0.15, 0.2) is 24.5 Å². The molecule has 0 atom stereocenters. The normalized spacial score (nSPS) is 10.5. The number of aromatic nitrogens is 3. The molecule has 2 N–H and O–H groups in total. The third-order valence-electron chi connectivity index (χ3n) is 2.07. The molecule has 4 nitrogen and oxygen atoms in total. The predicted molar refractivity (Wildman–Crippen MR) is 59.7 cm³/mol. The SMILES string of the molecule is Cc1cn(Cc2ccc(Cl)nc2)c(N)n1. The van der Waals surface area contributed by atoms with Crippen LogP contribution in [-0.2, 0) is 6.54 Å². The van der Waals surface area contributed by atoms with E-state index in [1.807, 2.05) is 23.8 Å². The number of nitrogen functional groups attached to an aromatic ring is 1. The summed E-state index contributed by atoms with van der Waals surface area (Å²) in [5.41, 5.74) is 7.68. The number of nitrogens with zero attached hydrogens (tertiary/aromatic N) is 3. The van der Waals surface area contributed by atoms with Crippen LogP contribution in [0.2, 0.25) is 5.15 Å². The summed E-state index contributed by atoms with van der Waals surface area (Å²) in [5, 5.41) is 0.494. The number of aryl methyl sites for hydroxylation is 1. The maximum Gasteiger partial charge on any atom is 0.200 e. The quantitative estimate of drug-likeness (QED) is 0.790. The second kappa shape index (κ2) is 3.90. The van der Waals surface area contributed by atoms with Crippen molar-refractivity contribution in [3.63, 3.8) is 0 Å². The molecule has 0 aliphatic heterocycles. The Morgan fingerprint density at radius 2 is 2.27 bits per heavy atom. The van der Waals surface area contributed by atoms with Crippen molar-refractivity contribution in [3.05, 3.63) is 40.9 Å². The summed E-state index contributed by atoms with van der Waals surface area (Å²) in [6.45, 7) is 2.57. The molecule has 5 heteroatoms. The molecule has 2 aromatic heterocycles. The van der Waals surface area contributed by atoms with Gasteiger partial charge < -0.3 is 10.3 Å². The van der Waals surface area contributed by atoms with Crippen LogP contribution < -0.4 is 5.73 Å². The molecule has 0 spiro atoms. The first-order valence-corrected chi connectivity index (χ1v) is 4.92. The smallest absolute Gasteiger partial charge is 0.200 e. The van der Waals surface area contributed by atoms with Crippen LogP contribution in [0.25, 0.3) is 0 Å². The number of imidazole rings is 1. The van der Waals surface area contributed by atoms with Gasteiger partial charge in [-0.3, -0.25) is 0 Å². The lowest BCUT2D eigenvalue weighted by Crippen LogP contribution is -2.03. The Morgan fingerprint density at radius 3 is 2.80 bits per heavy atom. The standard InChI is InChI=1S/C10H11ClN4/c1-7-5-15(10(12)14-7)6-8-2-3-9(11)13-4-8/h2-5H,6H2,1H3,(H2,12,14). The van der Waals surface area contributed by atoms with E-state index >= 15 is 0 Å². The van der Waals surface area contributed by atoms with Gasteiger partial charge in [0, 0.05) is 12.4 Å². The van der Waals surface area contributed by atoms with Gasteiger partial charge in [-0.2, -0.15) is 0 Å². The second-order valence-electron chi connectivity index (χ2n) is 3.36. The molecule has 78 valence electrons. The molecule has 15 heavy (non-hydrogen) atoms. The number of hydrogen-bond acceptors (Lipinski definition) is 3.